The standard InChI is InChI=1S/C36H62Cl2O6/c1-3-5-7-9-14-20-29(38)21-15-10-12-18-27-24-31(39)30(23-17-11-16-22-28(37)19-13-8-6-4-2)33(25-27)44-36-35(42)34(41)32(40)26-43-36/h24-25,28-29,32,34-36,39-42H,3-23,26H2,1-2H3/t28?,29?,32-,34+,35-,36+/m1/s1. The van der Waals surface area contributed by atoms with Gasteiger partial charge in [0.25, 0.3) is 0 Å². The van der Waals surface area contributed by atoms with E-state index in [4.69, 9.17) is 32.7 Å². The van der Waals surface area contributed by atoms with Gasteiger partial charge in [-0.25, -0.2) is 0 Å². The second-order valence-corrected chi connectivity index (χ2v) is 14.1. The van der Waals surface area contributed by atoms with Crippen molar-refractivity contribution in [2.75, 3.05) is 6.61 Å². The summed E-state index contributed by atoms with van der Waals surface area (Å²) in [6.07, 6.45) is 17.9. The predicted molar refractivity (Wildman–Crippen MR) is 182 cm³/mol. The molecule has 44 heavy (non-hydrogen) atoms. The van der Waals surface area contributed by atoms with Gasteiger partial charge in [0.2, 0.25) is 6.29 Å². The largest absolute Gasteiger partial charge is 0.508 e. The molecule has 1 aliphatic heterocycles. The van der Waals surface area contributed by atoms with Gasteiger partial charge >= 0.3 is 0 Å². The number of ether oxygens (including phenoxy) is 2. The number of aliphatic hydroxyl groups is 3. The molecule has 4 N–H and O–H groups in total. The molecule has 256 valence electrons. The van der Waals surface area contributed by atoms with Crippen LogP contribution in [0.1, 0.15) is 147 Å². The molecule has 0 radical (unpaired) electrons. The van der Waals surface area contributed by atoms with E-state index < -0.39 is 24.6 Å². The molecule has 8 heteroatoms. The number of aryl methyl sites for hydroxylation is 1. The van der Waals surface area contributed by atoms with Crippen LogP contribution in [-0.4, -0.2) is 62.4 Å². The first-order chi connectivity index (χ1) is 21.3. The highest BCUT2D eigenvalue weighted by atomic mass is 35.5. The lowest BCUT2D eigenvalue weighted by Gasteiger charge is -2.35. The number of benzene rings is 1. The SMILES string of the molecule is CCCCCCCC(Cl)CCCCCc1cc(O)c(CCCCCC(Cl)CCCCCC)c(O[C@@H]2OC[C@@H](O)[C@H](O)[C@H]2O)c1. The van der Waals surface area contributed by atoms with E-state index in [1.165, 1.54) is 57.8 Å². The molecule has 1 saturated heterocycles. The molecule has 1 heterocycles. The summed E-state index contributed by atoms with van der Waals surface area (Å²) in [5.74, 6) is 0.640. The van der Waals surface area contributed by atoms with Gasteiger partial charge in [0, 0.05) is 16.3 Å². The number of phenolic OH excluding ortho intramolecular Hbond substituents is 1. The Hall–Kier alpha value is -0.760. The van der Waals surface area contributed by atoms with E-state index in [9.17, 15) is 20.4 Å². The van der Waals surface area contributed by atoms with E-state index >= 15 is 0 Å². The number of alkyl halides is 2. The number of aromatic hydroxyl groups is 1. The third-order valence-electron chi connectivity index (χ3n) is 8.86. The first-order valence-corrected chi connectivity index (χ1v) is 18.6. The molecule has 1 aromatic rings. The normalized spacial score (nSPS) is 21.8. The van der Waals surface area contributed by atoms with Gasteiger partial charge in [-0.2, -0.15) is 0 Å². The molecular weight excluding hydrogens is 599 g/mol. The molecule has 2 rings (SSSR count). The number of phenols is 1. The Morgan fingerprint density at radius 1 is 0.705 bits per heavy atom. The van der Waals surface area contributed by atoms with Crippen LogP contribution < -0.4 is 4.74 Å². The van der Waals surface area contributed by atoms with Crippen molar-refractivity contribution in [3.8, 4) is 11.5 Å². The van der Waals surface area contributed by atoms with E-state index in [2.05, 4.69) is 13.8 Å². The van der Waals surface area contributed by atoms with Gasteiger partial charge in [0.15, 0.2) is 0 Å². The first-order valence-electron chi connectivity index (χ1n) is 17.7. The second-order valence-electron chi connectivity index (χ2n) is 12.9. The van der Waals surface area contributed by atoms with Crippen LogP contribution in [-0.2, 0) is 17.6 Å². The topological polar surface area (TPSA) is 99.4 Å². The van der Waals surface area contributed by atoms with E-state index in [0.29, 0.717) is 17.7 Å². The highest BCUT2D eigenvalue weighted by Gasteiger charge is 2.39. The van der Waals surface area contributed by atoms with Crippen LogP contribution in [0.2, 0.25) is 0 Å². The van der Waals surface area contributed by atoms with Crippen LogP contribution in [0.3, 0.4) is 0 Å². The van der Waals surface area contributed by atoms with Crippen molar-refractivity contribution in [3.63, 3.8) is 0 Å². The van der Waals surface area contributed by atoms with Crippen LogP contribution >= 0.6 is 23.2 Å². The number of rotatable bonds is 25. The molecule has 6 nitrogen and oxygen atoms in total. The smallest absolute Gasteiger partial charge is 0.228 e. The van der Waals surface area contributed by atoms with Crippen molar-refractivity contribution >= 4 is 23.2 Å². The molecule has 0 saturated carbocycles. The minimum absolute atomic E-state index is 0.137. The van der Waals surface area contributed by atoms with Gasteiger partial charge in [0.1, 0.15) is 29.8 Å². The van der Waals surface area contributed by atoms with Crippen molar-refractivity contribution in [2.45, 2.75) is 184 Å². The van der Waals surface area contributed by atoms with Crippen LogP contribution in [0.15, 0.2) is 12.1 Å². The summed E-state index contributed by atoms with van der Waals surface area (Å²) in [6.45, 7) is 4.31. The zero-order chi connectivity index (χ0) is 32.2. The van der Waals surface area contributed by atoms with E-state index in [1.807, 2.05) is 12.1 Å². The van der Waals surface area contributed by atoms with E-state index in [-0.39, 0.29) is 23.1 Å². The second kappa shape index (κ2) is 23.5. The van der Waals surface area contributed by atoms with Gasteiger partial charge in [-0.15, -0.1) is 23.2 Å². The van der Waals surface area contributed by atoms with Crippen LogP contribution in [0.5, 0.6) is 11.5 Å². The minimum atomic E-state index is -1.40. The Balaban J connectivity index is 1.89. The lowest BCUT2D eigenvalue weighted by Crippen LogP contribution is -2.54. The molecule has 0 spiro atoms. The number of unbranched alkanes of at least 4 members (excludes halogenated alkanes) is 11. The molecule has 1 aromatic carbocycles. The highest BCUT2D eigenvalue weighted by Crippen LogP contribution is 2.34. The van der Waals surface area contributed by atoms with Crippen molar-refractivity contribution in [2.24, 2.45) is 0 Å². The summed E-state index contributed by atoms with van der Waals surface area (Å²) in [5, 5.41) is 42.0. The number of hydrogen-bond donors (Lipinski definition) is 4. The maximum Gasteiger partial charge on any atom is 0.228 e. The van der Waals surface area contributed by atoms with E-state index in [0.717, 1.165) is 76.2 Å². The Morgan fingerprint density at radius 3 is 1.77 bits per heavy atom. The molecule has 0 aromatic heterocycles. The minimum Gasteiger partial charge on any atom is -0.508 e. The molecule has 1 aliphatic rings. The molecule has 0 bridgehead atoms. The molecule has 0 amide bonds. The number of aliphatic hydroxyl groups excluding tert-OH is 3. The van der Waals surface area contributed by atoms with Crippen LogP contribution in [0, 0.1) is 0 Å². The summed E-state index contributed by atoms with van der Waals surface area (Å²) < 4.78 is 11.6. The Kier molecular flexibility index (Phi) is 21.1. The molecule has 1 fully saturated rings. The first kappa shape index (κ1) is 39.4. The molecule has 0 aliphatic carbocycles. The third-order valence-corrected chi connectivity index (χ3v) is 9.73. The zero-order valence-electron chi connectivity index (χ0n) is 27.5. The summed E-state index contributed by atoms with van der Waals surface area (Å²) in [6, 6.07) is 3.75. The van der Waals surface area contributed by atoms with Crippen molar-refractivity contribution in [1.29, 1.82) is 0 Å². The Morgan fingerprint density at radius 2 is 1.20 bits per heavy atom. The molecule has 6 atom stereocenters. The fourth-order valence-electron chi connectivity index (χ4n) is 5.96. The fourth-order valence-corrected chi connectivity index (χ4v) is 6.58. The number of hydrogen-bond acceptors (Lipinski definition) is 6. The maximum atomic E-state index is 11.0. The van der Waals surface area contributed by atoms with Crippen LogP contribution in [0.25, 0.3) is 0 Å². The lowest BCUT2D eigenvalue weighted by molar-refractivity contribution is -0.242. The average molecular weight is 662 g/mol. The summed E-state index contributed by atoms with van der Waals surface area (Å²) in [5.41, 5.74) is 1.63. The van der Waals surface area contributed by atoms with Crippen molar-refractivity contribution < 1.29 is 29.9 Å². The monoisotopic (exact) mass is 660 g/mol. The fraction of sp³-hybridized carbons (Fsp3) is 0.833. The molecule has 2 unspecified atom stereocenters. The molecular formula is C36H62Cl2O6. The Bertz CT molecular complexity index is 871. The zero-order valence-corrected chi connectivity index (χ0v) is 29.0. The van der Waals surface area contributed by atoms with Crippen molar-refractivity contribution in [3.05, 3.63) is 23.3 Å². The van der Waals surface area contributed by atoms with Gasteiger partial charge < -0.3 is 29.9 Å². The Labute approximate surface area is 277 Å². The predicted octanol–water partition coefficient (Wildman–Crippen LogP) is 8.96. The summed E-state index contributed by atoms with van der Waals surface area (Å²) in [7, 11) is 0. The van der Waals surface area contributed by atoms with E-state index in [1.54, 1.807) is 0 Å². The van der Waals surface area contributed by atoms with Gasteiger partial charge in [-0.05, 0) is 69.1 Å². The highest BCUT2D eigenvalue weighted by molar-refractivity contribution is 6.20. The number of halogens is 2. The van der Waals surface area contributed by atoms with Crippen molar-refractivity contribution in [1.82, 2.24) is 0 Å². The maximum absolute atomic E-state index is 11.0. The van der Waals surface area contributed by atoms with Crippen LogP contribution in [0.4, 0.5) is 0 Å². The summed E-state index contributed by atoms with van der Waals surface area (Å²) in [4.78, 5) is 0. The van der Waals surface area contributed by atoms with Gasteiger partial charge in [-0.3, -0.25) is 0 Å². The average Bonchev–Trinajstić information content (AvgIpc) is 3.00. The van der Waals surface area contributed by atoms with Gasteiger partial charge in [0.05, 0.1) is 6.61 Å². The lowest BCUT2D eigenvalue weighted by atomic mass is 9.98. The third kappa shape index (κ3) is 15.7. The quantitative estimate of drug-likeness (QED) is 0.0617. The van der Waals surface area contributed by atoms with Gasteiger partial charge in [-0.1, -0.05) is 97.3 Å². The summed E-state index contributed by atoms with van der Waals surface area (Å²) >= 11 is 13.1.